The van der Waals surface area contributed by atoms with Crippen molar-refractivity contribution in [1.82, 2.24) is 4.90 Å². The van der Waals surface area contributed by atoms with Gasteiger partial charge in [0, 0.05) is 7.05 Å². The van der Waals surface area contributed by atoms with E-state index in [4.69, 9.17) is 14.6 Å². The highest BCUT2D eigenvalue weighted by molar-refractivity contribution is 8.18. The molecule has 28 heavy (non-hydrogen) atoms. The van der Waals surface area contributed by atoms with E-state index in [-0.39, 0.29) is 5.91 Å². The summed E-state index contributed by atoms with van der Waals surface area (Å²) < 4.78 is 10.4. The second-order valence-electron chi connectivity index (χ2n) is 5.79. The van der Waals surface area contributed by atoms with E-state index in [1.54, 1.807) is 44.5 Å². The van der Waals surface area contributed by atoms with Crippen LogP contribution < -0.4 is 9.47 Å². The summed E-state index contributed by atoms with van der Waals surface area (Å²) in [7, 11) is 3.25. The highest BCUT2D eigenvalue weighted by atomic mass is 32.2. The maximum absolute atomic E-state index is 12.5. The van der Waals surface area contributed by atoms with Crippen molar-refractivity contribution < 1.29 is 24.2 Å². The van der Waals surface area contributed by atoms with Gasteiger partial charge in [0.15, 0.2) is 11.8 Å². The molecule has 7 nitrogen and oxygen atoms in total. The van der Waals surface area contributed by atoms with Crippen LogP contribution in [0.5, 0.6) is 11.5 Å². The molecule has 1 aliphatic rings. The van der Waals surface area contributed by atoms with Crippen LogP contribution in [0.4, 0.5) is 5.69 Å². The Hall–Kier alpha value is -3.26. The van der Waals surface area contributed by atoms with Crippen LogP contribution in [0.2, 0.25) is 0 Å². The van der Waals surface area contributed by atoms with Crippen molar-refractivity contribution in [3.8, 4) is 11.5 Å². The number of nitrogens with zero attached hydrogens (tertiary/aromatic N) is 2. The van der Waals surface area contributed by atoms with E-state index in [2.05, 4.69) is 4.99 Å². The van der Waals surface area contributed by atoms with Crippen LogP contribution in [0.3, 0.4) is 0 Å². The Morgan fingerprint density at radius 3 is 2.61 bits per heavy atom. The Labute approximate surface area is 166 Å². The first-order valence-corrected chi connectivity index (χ1v) is 9.13. The number of amides is 1. The minimum atomic E-state index is -1.04. The molecule has 1 amide bonds. The second kappa shape index (κ2) is 8.62. The van der Waals surface area contributed by atoms with Crippen molar-refractivity contribution >= 4 is 40.6 Å². The molecule has 3 rings (SSSR count). The monoisotopic (exact) mass is 398 g/mol. The highest BCUT2D eigenvalue weighted by Gasteiger charge is 2.30. The molecule has 0 aromatic heterocycles. The van der Waals surface area contributed by atoms with Gasteiger partial charge in [-0.25, -0.2) is 9.79 Å². The molecule has 144 valence electrons. The summed E-state index contributed by atoms with van der Waals surface area (Å²) in [5.41, 5.74) is 1.44. The number of hydrogen-bond donors (Lipinski definition) is 1. The van der Waals surface area contributed by atoms with Gasteiger partial charge >= 0.3 is 5.97 Å². The maximum atomic E-state index is 12.5. The van der Waals surface area contributed by atoms with E-state index < -0.39 is 12.6 Å². The molecule has 1 fully saturated rings. The molecule has 0 atom stereocenters. The lowest BCUT2D eigenvalue weighted by Gasteiger charge is -2.09. The van der Waals surface area contributed by atoms with Crippen LogP contribution in [-0.2, 0) is 9.59 Å². The van der Waals surface area contributed by atoms with Gasteiger partial charge in [-0.1, -0.05) is 24.3 Å². The maximum Gasteiger partial charge on any atom is 0.341 e. The third kappa shape index (κ3) is 4.52. The molecule has 0 saturated carbocycles. The van der Waals surface area contributed by atoms with Crippen molar-refractivity contribution in [3.05, 3.63) is 59.0 Å². The molecule has 1 aliphatic heterocycles. The van der Waals surface area contributed by atoms with Crippen molar-refractivity contribution in [2.75, 3.05) is 20.8 Å². The summed E-state index contributed by atoms with van der Waals surface area (Å²) in [6.45, 7) is -0.400. The standard InChI is InChI=1S/C20H18N2O5S/c1-22-19(25)17(11-13-7-9-14(10-8-13)27-12-18(23)24)28-20(22)21-15-5-3-4-6-16(15)26-2/h3-11H,12H2,1-2H3,(H,23,24)/b17-11-,21-20?. The van der Waals surface area contributed by atoms with E-state index in [0.29, 0.717) is 27.3 Å². The summed E-state index contributed by atoms with van der Waals surface area (Å²) >= 11 is 1.28. The Bertz CT molecular complexity index is 953. The zero-order valence-electron chi connectivity index (χ0n) is 15.3. The number of rotatable bonds is 6. The van der Waals surface area contributed by atoms with Crippen LogP contribution in [0, 0.1) is 0 Å². The third-order valence-electron chi connectivity index (χ3n) is 3.85. The first-order valence-electron chi connectivity index (χ1n) is 8.32. The molecule has 8 heteroatoms. The predicted molar refractivity (Wildman–Crippen MR) is 108 cm³/mol. The van der Waals surface area contributed by atoms with Crippen LogP contribution in [-0.4, -0.2) is 47.8 Å². The van der Waals surface area contributed by atoms with Gasteiger partial charge in [0.1, 0.15) is 17.2 Å². The summed E-state index contributed by atoms with van der Waals surface area (Å²) in [6.07, 6.45) is 1.76. The lowest BCUT2D eigenvalue weighted by atomic mass is 10.2. The van der Waals surface area contributed by atoms with E-state index in [1.165, 1.54) is 16.7 Å². The van der Waals surface area contributed by atoms with Gasteiger partial charge in [-0.3, -0.25) is 9.69 Å². The first-order chi connectivity index (χ1) is 13.5. The van der Waals surface area contributed by atoms with Gasteiger partial charge in [-0.15, -0.1) is 0 Å². The topological polar surface area (TPSA) is 88.4 Å². The van der Waals surface area contributed by atoms with Crippen molar-refractivity contribution in [2.24, 2.45) is 4.99 Å². The fourth-order valence-corrected chi connectivity index (χ4v) is 3.41. The zero-order chi connectivity index (χ0) is 20.1. The van der Waals surface area contributed by atoms with Crippen molar-refractivity contribution in [1.29, 1.82) is 0 Å². The molecule has 0 unspecified atom stereocenters. The first kappa shape index (κ1) is 19.5. The third-order valence-corrected chi connectivity index (χ3v) is 4.91. The number of aliphatic carboxylic acids is 1. The number of carbonyl (C=O) groups is 2. The van der Waals surface area contributed by atoms with Crippen LogP contribution in [0.25, 0.3) is 6.08 Å². The molecule has 0 radical (unpaired) electrons. The lowest BCUT2D eigenvalue weighted by molar-refractivity contribution is -0.139. The molecule has 2 aromatic rings. The minimum Gasteiger partial charge on any atom is -0.494 e. The summed E-state index contributed by atoms with van der Waals surface area (Å²) in [4.78, 5) is 29.7. The quantitative estimate of drug-likeness (QED) is 0.751. The number of carboxylic acid groups (broad SMARTS) is 1. The Balaban J connectivity index is 1.79. The van der Waals surface area contributed by atoms with E-state index in [0.717, 1.165) is 5.56 Å². The minimum absolute atomic E-state index is 0.148. The highest BCUT2D eigenvalue weighted by Crippen LogP contribution is 2.35. The average molecular weight is 398 g/mol. The van der Waals surface area contributed by atoms with Gasteiger partial charge in [-0.05, 0) is 47.7 Å². The zero-order valence-corrected chi connectivity index (χ0v) is 16.1. The number of likely N-dealkylation sites (N-methyl/N-ethyl adjacent to an activating group) is 1. The molecule has 1 N–H and O–H groups in total. The van der Waals surface area contributed by atoms with Crippen LogP contribution in [0.1, 0.15) is 5.56 Å². The van der Waals surface area contributed by atoms with Gasteiger partial charge in [0.25, 0.3) is 5.91 Å². The van der Waals surface area contributed by atoms with Crippen molar-refractivity contribution in [3.63, 3.8) is 0 Å². The Kier molecular flexibility index (Phi) is 6.00. The molecule has 0 bridgehead atoms. The second-order valence-corrected chi connectivity index (χ2v) is 6.80. The number of ether oxygens (including phenoxy) is 2. The molecule has 0 spiro atoms. The molecule has 0 aliphatic carbocycles. The fourth-order valence-electron chi connectivity index (χ4n) is 2.43. The van der Waals surface area contributed by atoms with E-state index in [1.807, 2.05) is 24.3 Å². The number of methoxy groups -OCH3 is 1. The number of hydrogen-bond acceptors (Lipinski definition) is 6. The lowest BCUT2D eigenvalue weighted by Crippen LogP contribution is -2.23. The Morgan fingerprint density at radius 2 is 1.93 bits per heavy atom. The van der Waals surface area contributed by atoms with Crippen LogP contribution >= 0.6 is 11.8 Å². The summed E-state index contributed by atoms with van der Waals surface area (Å²) in [5.74, 6) is -0.106. The fraction of sp³-hybridized carbons (Fsp3) is 0.150. The van der Waals surface area contributed by atoms with Gasteiger partial charge in [-0.2, -0.15) is 0 Å². The van der Waals surface area contributed by atoms with Crippen LogP contribution in [0.15, 0.2) is 58.4 Å². The Morgan fingerprint density at radius 1 is 1.21 bits per heavy atom. The SMILES string of the molecule is COc1ccccc1N=C1S/C(=C\c2ccc(OCC(=O)O)cc2)C(=O)N1C. The van der Waals surface area contributed by atoms with Gasteiger partial charge in [0.2, 0.25) is 0 Å². The smallest absolute Gasteiger partial charge is 0.341 e. The summed E-state index contributed by atoms with van der Waals surface area (Å²) in [5, 5.41) is 9.20. The number of para-hydroxylation sites is 2. The molecule has 1 saturated heterocycles. The average Bonchev–Trinajstić information content (AvgIpc) is 2.95. The molecular weight excluding hydrogens is 380 g/mol. The number of carboxylic acids is 1. The largest absolute Gasteiger partial charge is 0.494 e. The molecule has 1 heterocycles. The summed E-state index contributed by atoms with van der Waals surface area (Å²) in [6, 6.07) is 14.2. The normalized spacial score (nSPS) is 16.6. The van der Waals surface area contributed by atoms with E-state index in [9.17, 15) is 9.59 Å². The number of benzene rings is 2. The van der Waals surface area contributed by atoms with Gasteiger partial charge < -0.3 is 14.6 Å². The number of amidine groups is 1. The molecular formula is C20H18N2O5S. The predicted octanol–water partition coefficient (Wildman–Crippen LogP) is 3.39. The number of carbonyl (C=O) groups excluding carboxylic acids is 1. The number of thioether (sulfide) groups is 1. The van der Waals surface area contributed by atoms with Gasteiger partial charge in [0.05, 0.1) is 12.0 Å². The molecule has 2 aromatic carbocycles. The van der Waals surface area contributed by atoms with E-state index >= 15 is 0 Å². The van der Waals surface area contributed by atoms with Crippen molar-refractivity contribution in [2.45, 2.75) is 0 Å². The number of aliphatic imine (C=N–C) groups is 1.